The molecular formula is C17H21N5O7. The summed E-state index contributed by atoms with van der Waals surface area (Å²) in [7, 11) is 1.54. The summed E-state index contributed by atoms with van der Waals surface area (Å²) in [6.45, 7) is -0.245. The molecule has 1 saturated heterocycles. The zero-order valence-corrected chi connectivity index (χ0v) is 15.4. The number of hydrogen-bond acceptors (Lipinski definition) is 11. The molecule has 0 spiro atoms. The van der Waals surface area contributed by atoms with Crippen LogP contribution in [-0.2, 0) is 11.3 Å². The highest BCUT2D eigenvalue weighted by Gasteiger charge is 2.45. The number of nitrogens with one attached hydrogen (secondary N) is 1. The molecule has 1 aromatic heterocycles. The number of furan rings is 1. The van der Waals surface area contributed by atoms with Crippen molar-refractivity contribution in [2.24, 2.45) is 0 Å². The highest BCUT2D eigenvalue weighted by molar-refractivity contribution is 5.67. The molecule has 1 fully saturated rings. The monoisotopic (exact) mass is 407 g/mol. The molecule has 4 heterocycles. The molecule has 3 aliphatic heterocycles. The number of hydrogen-bond donors (Lipinski definition) is 5. The van der Waals surface area contributed by atoms with Gasteiger partial charge in [-0.15, -0.1) is 0 Å². The Labute approximate surface area is 164 Å². The molecule has 1 aromatic rings. The number of rotatable bonds is 6. The summed E-state index contributed by atoms with van der Waals surface area (Å²) in [6, 6.07) is 1.69. The van der Waals surface area contributed by atoms with Gasteiger partial charge in [-0.3, -0.25) is 4.57 Å². The summed E-state index contributed by atoms with van der Waals surface area (Å²) < 4.78 is 17.5. The van der Waals surface area contributed by atoms with Crippen LogP contribution >= 0.6 is 0 Å². The Morgan fingerprint density at radius 2 is 2.00 bits per heavy atom. The van der Waals surface area contributed by atoms with E-state index in [2.05, 4.69) is 20.3 Å². The molecule has 3 aliphatic rings. The molecule has 12 nitrogen and oxygen atoms in total. The van der Waals surface area contributed by atoms with E-state index in [1.807, 2.05) is 0 Å². The van der Waals surface area contributed by atoms with Gasteiger partial charge in [0.2, 0.25) is 0 Å². The lowest BCUT2D eigenvalue weighted by molar-refractivity contribution is -0.251. The third-order valence-electron chi connectivity index (χ3n) is 4.84. The third-order valence-corrected chi connectivity index (χ3v) is 4.84. The first-order valence-corrected chi connectivity index (χ1v) is 8.87. The molecule has 5 N–H and O–H groups in total. The summed E-state index contributed by atoms with van der Waals surface area (Å²) in [5.74, 6) is 1.91. The fraction of sp³-hybridized carbons (Fsp3) is 0.471. The predicted octanol–water partition coefficient (Wildman–Crippen LogP) is -1.04. The average Bonchev–Trinajstić information content (AvgIpc) is 3.40. The Morgan fingerprint density at radius 3 is 2.76 bits per heavy atom. The second-order valence-corrected chi connectivity index (χ2v) is 6.53. The Balaban J connectivity index is 1.61. The maximum atomic E-state index is 10.4. The number of aliphatic hydroxyl groups excluding tert-OH is 4. The van der Waals surface area contributed by atoms with Crippen LogP contribution in [0.5, 0.6) is 5.75 Å². The van der Waals surface area contributed by atoms with Crippen LogP contribution in [0.4, 0.5) is 5.82 Å². The predicted molar refractivity (Wildman–Crippen MR) is 96.0 cm³/mol. The molecule has 0 radical (unpaired) electrons. The topological polar surface area (TPSA) is 168 Å². The normalized spacial score (nSPS) is 27.3. The lowest BCUT2D eigenvalue weighted by atomic mass is 9.98. The van der Waals surface area contributed by atoms with Crippen molar-refractivity contribution < 1.29 is 34.3 Å². The fourth-order valence-electron chi connectivity index (χ4n) is 3.28. The number of nitrogens with zero attached hydrogens (tertiary/aromatic N) is 4. The standard InChI is InChI=1S/C17H21N5O7/c1-27-8-2-3-28-9(8)4-18-15-11-16(20-6-19-11)22(7-21-15)17-14(26)13(25)12(24)10(5-23)29-17/h2-3,6-7,10,12-14,17-18,23-26H,4-5H2,1H3/t10-,12-,13+,14-,17?/m1/s1. The van der Waals surface area contributed by atoms with E-state index in [9.17, 15) is 20.4 Å². The van der Waals surface area contributed by atoms with Crippen molar-refractivity contribution in [3.63, 3.8) is 0 Å². The van der Waals surface area contributed by atoms with E-state index < -0.39 is 37.3 Å². The smallest absolute Gasteiger partial charge is 0.167 e. The third kappa shape index (κ3) is 3.41. The van der Waals surface area contributed by atoms with Crippen LogP contribution in [0, 0.1) is 0 Å². The first-order chi connectivity index (χ1) is 14.0. The number of imidazole rings is 1. The van der Waals surface area contributed by atoms with Crippen molar-refractivity contribution in [1.82, 2.24) is 19.5 Å². The van der Waals surface area contributed by atoms with Crippen LogP contribution < -0.4 is 10.1 Å². The number of ether oxygens (including phenoxy) is 2. The summed E-state index contributed by atoms with van der Waals surface area (Å²) in [4.78, 5) is 12.7. The summed E-state index contributed by atoms with van der Waals surface area (Å²) in [5, 5.41) is 42.9. The van der Waals surface area contributed by atoms with Crippen LogP contribution in [-0.4, -0.2) is 78.1 Å². The molecule has 12 heteroatoms. The first kappa shape index (κ1) is 19.5. The molecule has 29 heavy (non-hydrogen) atoms. The zero-order valence-electron chi connectivity index (χ0n) is 15.4. The minimum absolute atomic E-state index is 0.287. The van der Waals surface area contributed by atoms with Gasteiger partial charge >= 0.3 is 0 Å². The van der Waals surface area contributed by atoms with Gasteiger partial charge in [-0.25, -0.2) is 15.0 Å². The summed E-state index contributed by atoms with van der Waals surface area (Å²) >= 11 is 0. The molecular weight excluding hydrogens is 386 g/mol. The van der Waals surface area contributed by atoms with Crippen LogP contribution in [0.1, 0.15) is 12.0 Å². The van der Waals surface area contributed by atoms with E-state index >= 15 is 0 Å². The fourth-order valence-corrected chi connectivity index (χ4v) is 3.28. The lowest BCUT2D eigenvalue weighted by Crippen LogP contribution is -2.56. The van der Waals surface area contributed by atoms with Gasteiger partial charge < -0.3 is 39.6 Å². The van der Waals surface area contributed by atoms with E-state index in [1.165, 1.54) is 23.5 Å². The van der Waals surface area contributed by atoms with Crippen molar-refractivity contribution in [2.45, 2.75) is 37.2 Å². The van der Waals surface area contributed by atoms with Gasteiger partial charge in [0.25, 0.3) is 0 Å². The van der Waals surface area contributed by atoms with E-state index in [1.54, 1.807) is 13.2 Å². The second kappa shape index (κ2) is 7.93. The number of aliphatic hydroxyl groups is 4. The van der Waals surface area contributed by atoms with Gasteiger partial charge in [-0.1, -0.05) is 0 Å². The summed E-state index contributed by atoms with van der Waals surface area (Å²) in [5.41, 5.74) is 0.398. The van der Waals surface area contributed by atoms with E-state index in [4.69, 9.17) is 13.9 Å². The molecule has 0 bridgehead atoms. The molecule has 5 atom stereocenters. The number of aromatic nitrogens is 4. The van der Waals surface area contributed by atoms with E-state index in [0.29, 0.717) is 28.8 Å². The van der Waals surface area contributed by atoms with Gasteiger partial charge in [0, 0.05) is 6.07 Å². The van der Waals surface area contributed by atoms with Crippen molar-refractivity contribution in [2.75, 3.05) is 19.0 Å². The molecule has 0 saturated carbocycles. The first-order valence-electron chi connectivity index (χ1n) is 8.87. The Kier molecular flexibility index (Phi) is 5.34. The van der Waals surface area contributed by atoms with Gasteiger partial charge in [-0.05, 0) is 0 Å². The molecule has 0 amide bonds. The number of anilines is 1. The SMILES string of the molecule is COc1ccoc1CNc1ncn(C2O[C@H](CO)[C@@H](O)[C@H](O)[C@H]2O)c2ncnc1-2. The van der Waals surface area contributed by atoms with Gasteiger partial charge in [-0.2, -0.15) is 0 Å². The van der Waals surface area contributed by atoms with E-state index in [-0.39, 0.29) is 6.54 Å². The average molecular weight is 407 g/mol. The van der Waals surface area contributed by atoms with Gasteiger partial charge in [0.05, 0.1) is 26.5 Å². The quantitative estimate of drug-likeness (QED) is 0.338. The maximum Gasteiger partial charge on any atom is 0.167 e. The Bertz CT molecular complexity index is 929. The maximum absolute atomic E-state index is 10.4. The lowest BCUT2D eigenvalue weighted by Gasteiger charge is -2.41. The molecule has 156 valence electrons. The Morgan fingerprint density at radius 1 is 1.17 bits per heavy atom. The largest absolute Gasteiger partial charge is 0.493 e. The van der Waals surface area contributed by atoms with Crippen LogP contribution in [0.15, 0.2) is 29.4 Å². The van der Waals surface area contributed by atoms with Crippen molar-refractivity contribution in [3.05, 3.63) is 30.7 Å². The minimum Gasteiger partial charge on any atom is -0.493 e. The second-order valence-electron chi connectivity index (χ2n) is 6.53. The van der Waals surface area contributed by atoms with Gasteiger partial charge in [0.15, 0.2) is 35.1 Å². The minimum atomic E-state index is -1.51. The van der Waals surface area contributed by atoms with Gasteiger partial charge in [0.1, 0.15) is 37.1 Å². The Hall–Kier alpha value is -2.77. The van der Waals surface area contributed by atoms with Crippen LogP contribution in [0.3, 0.4) is 0 Å². The molecule has 1 unspecified atom stereocenters. The summed E-state index contributed by atoms with van der Waals surface area (Å²) in [6.07, 6.45) is -2.41. The van der Waals surface area contributed by atoms with Crippen LogP contribution in [0.25, 0.3) is 11.5 Å². The van der Waals surface area contributed by atoms with Crippen molar-refractivity contribution in [1.29, 1.82) is 0 Å². The molecule has 4 rings (SSSR count). The van der Waals surface area contributed by atoms with E-state index in [0.717, 1.165) is 0 Å². The highest BCUT2D eigenvalue weighted by atomic mass is 16.6. The highest BCUT2D eigenvalue weighted by Crippen LogP contribution is 2.33. The van der Waals surface area contributed by atoms with Crippen LogP contribution in [0.2, 0.25) is 0 Å². The van der Waals surface area contributed by atoms with Crippen molar-refractivity contribution >= 4 is 5.82 Å². The zero-order chi connectivity index (χ0) is 20.5. The number of fused-ring (bicyclic) bond motifs is 1. The molecule has 0 aliphatic carbocycles. The number of methoxy groups -OCH3 is 1. The van der Waals surface area contributed by atoms with Crippen molar-refractivity contribution in [3.8, 4) is 17.3 Å². The molecule has 0 aromatic carbocycles.